The Morgan fingerprint density at radius 3 is 2.78 bits per heavy atom. The maximum atomic E-state index is 12.2. The van der Waals surface area contributed by atoms with E-state index in [0.29, 0.717) is 27.4 Å². The van der Waals surface area contributed by atoms with E-state index in [4.69, 9.17) is 4.74 Å². The molecule has 1 aromatic carbocycles. The van der Waals surface area contributed by atoms with Gasteiger partial charge in [-0.2, -0.15) is 5.26 Å². The van der Waals surface area contributed by atoms with Crippen molar-refractivity contribution in [3.63, 3.8) is 0 Å². The number of hydrogen-bond acceptors (Lipinski definition) is 7. The molecule has 27 heavy (non-hydrogen) atoms. The lowest BCUT2D eigenvalue weighted by molar-refractivity contribution is -0.385. The first-order valence-corrected chi connectivity index (χ1v) is 8.91. The Balaban J connectivity index is 2.11. The van der Waals surface area contributed by atoms with Gasteiger partial charge < -0.3 is 10.1 Å². The molecule has 0 spiro atoms. The monoisotopic (exact) mass is 386 g/mol. The lowest BCUT2D eigenvalue weighted by atomic mass is 10.1. The number of carbonyl (C=O) groups is 1. The summed E-state index contributed by atoms with van der Waals surface area (Å²) < 4.78 is 5.10. The number of aromatic nitrogens is 1. The molecule has 0 aliphatic heterocycles. The summed E-state index contributed by atoms with van der Waals surface area (Å²) in [5.41, 5.74) is 2.61. The molecule has 0 saturated carbocycles. The smallest absolute Gasteiger partial charge is 0.274 e. The number of pyridine rings is 1. The van der Waals surface area contributed by atoms with Crippen molar-refractivity contribution in [3.05, 3.63) is 56.8 Å². The molecule has 0 fully saturated rings. The zero-order chi connectivity index (χ0) is 20.0. The molecule has 1 amide bonds. The molecule has 140 valence electrons. The third-order valence-electron chi connectivity index (χ3n) is 3.64. The Bertz CT molecular complexity index is 924. The van der Waals surface area contributed by atoms with Crippen LogP contribution < -0.4 is 5.32 Å². The number of benzene rings is 1. The number of amides is 1. The van der Waals surface area contributed by atoms with Gasteiger partial charge in [-0.15, -0.1) is 0 Å². The fraction of sp³-hybridized carbons (Fsp3) is 0.278. The van der Waals surface area contributed by atoms with Crippen molar-refractivity contribution in [1.82, 2.24) is 4.98 Å². The molecule has 0 saturated heterocycles. The number of carbonyl (C=O) groups excluding carboxylic acids is 1. The van der Waals surface area contributed by atoms with Crippen molar-refractivity contribution < 1.29 is 14.5 Å². The molecule has 0 bridgehead atoms. The summed E-state index contributed by atoms with van der Waals surface area (Å²) in [5.74, 6) is -0.335. The summed E-state index contributed by atoms with van der Waals surface area (Å²) in [6, 6.07) is 8.38. The van der Waals surface area contributed by atoms with E-state index in [9.17, 15) is 20.2 Å². The van der Waals surface area contributed by atoms with E-state index in [-0.39, 0.29) is 24.0 Å². The maximum absolute atomic E-state index is 12.2. The first kappa shape index (κ1) is 20.4. The highest BCUT2D eigenvalue weighted by atomic mass is 32.2. The number of nitriles is 1. The number of nitrogens with one attached hydrogen (secondary N) is 1. The van der Waals surface area contributed by atoms with Crippen LogP contribution in [0.5, 0.6) is 0 Å². The molecule has 2 aromatic rings. The largest absolute Gasteiger partial charge is 0.380 e. The quantitative estimate of drug-likeness (QED) is 0.440. The number of nitrogens with zero attached hydrogens (tertiary/aromatic N) is 3. The van der Waals surface area contributed by atoms with Crippen LogP contribution in [0, 0.1) is 35.3 Å². The first-order valence-electron chi connectivity index (χ1n) is 7.93. The van der Waals surface area contributed by atoms with E-state index < -0.39 is 4.92 Å². The predicted octanol–water partition coefficient (Wildman–Crippen LogP) is 3.36. The van der Waals surface area contributed by atoms with Gasteiger partial charge in [-0.1, -0.05) is 17.8 Å². The lowest BCUT2D eigenvalue weighted by Crippen LogP contribution is -2.14. The Labute approximate surface area is 160 Å². The van der Waals surface area contributed by atoms with Gasteiger partial charge in [0.15, 0.2) is 0 Å². The van der Waals surface area contributed by atoms with Gasteiger partial charge in [0.2, 0.25) is 5.91 Å². The molecule has 1 heterocycles. The Morgan fingerprint density at radius 2 is 2.15 bits per heavy atom. The Hall–Kier alpha value is -2.96. The van der Waals surface area contributed by atoms with E-state index in [1.54, 1.807) is 32.0 Å². The van der Waals surface area contributed by atoms with Crippen molar-refractivity contribution in [2.75, 3.05) is 18.2 Å². The van der Waals surface area contributed by atoms with Gasteiger partial charge in [-0.3, -0.25) is 14.9 Å². The summed E-state index contributed by atoms with van der Waals surface area (Å²) in [6.07, 6.45) is 0. The number of nitro benzene ring substituents is 1. The topological polar surface area (TPSA) is 118 Å². The molecule has 0 unspecified atom stereocenters. The average Bonchev–Trinajstić information content (AvgIpc) is 2.61. The highest BCUT2D eigenvalue weighted by molar-refractivity contribution is 8.00. The minimum atomic E-state index is -0.493. The van der Waals surface area contributed by atoms with Crippen LogP contribution in [0.15, 0.2) is 29.3 Å². The van der Waals surface area contributed by atoms with Crippen molar-refractivity contribution in [1.29, 1.82) is 5.26 Å². The second-order valence-electron chi connectivity index (χ2n) is 5.74. The normalized spacial score (nSPS) is 10.3. The Kier molecular flexibility index (Phi) is 6.87. The highest BCUT2D eigenvalue weighted by Crippen LogP contribution is 2.26. The zero-order valence-corrected chi connectivity index (χ0v) is 15.9. The molecule has 0 aliphatic carbocycles. The lowest BCUT2D eigenvalue weighted by Gasteiger charge is -2.10. The van der Waals surface area contributed by atoms with Crippen molar-refractivity contribution in [2.45, 2.75) is 25.5 Å². The first-order chi connectivity index (χ1) is 12.8. The van der Waals surface area contributed by atoms with Crippen molar-refractivity contribution >= 4 is 29.0 Å². The third kappa shape index (κ3) is 5.26. The average molecular weight is 386 g/mol. The highest BCUT2D eigenvalue weighted by Gasteiger charge is 2.15. The number of anilines is 1. The zero-order valence-electron chi connectivity index (χ0n) is 15.1. The molecule has 0 radical (unpaired) electrons. The van der Waals surface area contributed by atoms with E-state index >= 15 is 0 Å². The number of methoxy groups -OCH3 is 1. The SMILES string of the molecule is COCc1cc(C)nc(SCC(=O)Nc2ccc(C)c([N+](=O)[O-])c2)c1C#N. The van der Waals surface area contributed by atoms with E-state index in [2.05, 4.69) is 16.4 Å². The van der Waals surface area contributed by atoms with Gasteiger partial charge in [0.05, 0.1) is 22.8 Å². The summed E-state index contributed by atoms with van der Waals surface area (Å²) in [7, 11) is 1.54. The van der Waals surface area contributed by atoms with Crippen molar-refractivity contribution in [3.8, 4) is 6.07 Å². The predicted molar refractivity (Wildman–Crippen MR) is 102 cm³/mol. The Morgan fingerprint density at radius 1 is 1.41 bits per heavy atom. The van der Waals surface area contributed by atoms with Crippen LogP contribution in [0.1, 0.15) is 22.4 Å². The van der Waals surface area contributed by atoms with Gasteiger partial charge in [0, 0.05) is 30.1 Å². The second-order valence-corrected chi connectivity index (χ2v) is 6.71. The van der Waals surface area contributed by atoms with E-state index in [0.717, 1.165) is 17.5 Å². The molecule has 1 N–H and O–H groups in total. The number of hydrogen-bond donors (Lipinski definition) is 1. The van der Waals surface area contributed by atoms with Crippen LogP contribution in [0.25, 0.3) is 0 Å². The molecule has 9 heteroatoms. The van der Waals surface area contributed by atoms with Gasteiger partial charge in [0.1, 0.15) is 11.1 Å². The minimum absolute atomic E-state index is 0.0131. The second kappa shape index (κ2) is 9.12. The minimum Gasteiger partial charge on any atom is -0.380 e. The fourth-order valence-corrected chi connectivity index (χ4v) is 3.29. The molecular formula is C18H18N4O4S. The van der Waals surface area contributed by atoms with E-state index in [1.165, 1.54) is 13.2 Å². The molecule has 8 nitrogen and oxygen atoms in total. The van der Waals surface area contributed by atoms with Gasteiger partial charge in [-0.05, 0) is 31.5 Å². The number of aryl methyl sites for hydroxylation is 2. The van der Waals surface area contributed by atoms with Crippen LogP contribution >= 0.6 is 11.8 Å². The van der Waals surface area contributed by atoms with Crippen LogP contribution in [0.2, 0.25) is 0 Å². The van der Waals surface area contributed by atoms with Crippen LogP contribution in [0.4, 0.5) is 11.4 Å². The third-order valence-corrected chi connectivity index (χ3v) is 4.61. The maximum Gasteiger partial charge on any atom is 0.274 e. The van der Waals surface area contributed by atoms with E-state index in [1.807, 2.05) is 0 Å². The number of ether oxygens (including phenoxy) is 1. The number of thioether (sulfide) groups is 1. The van der Waals surface area contributed by atoms with Gasteiger partial charge in [0.25, 0.3) is 5.69 Å². The summed E-state index contributed by atoms with van der Waals surface area (Å²) in [6.45, 7) is 3.71. The number of nitro groups is 1. The van der Waals surface area contributed by atoms with Crippen LogP contribution in [-0.2, 0) is 16.1 Å². The fourth-order valence-electron chi connectivity index (χ4n) is 2.42. The van der Waals surface area contributed by atoms with Crippen molar-refractivity contribution in [2.24, 2.45) is 0 Å². The van der Waals surface area contributed by atoms with Crippen LogP contribution in [0.3, 0.4) is 0 Å². The number of rotatable bonds is 7. The van der Waals surface area contributed by atoms with Crippen LogP contribution in [-0.4, -0.2) is 28.7 Å². The molecular weight excluding hydrogens is 368 g/mol. The standard InChI is InChI=1S/C18H18N4O4S/c1-11-4-5-14(7-16(11)22(24)25)21-17(23)10-27-18-15(8-19)13(9-26-3)6-12(2)20-18/h4-7H,9-10H2,1-3H3,(H,21,23). The molecule has 1 aromatic heterocycles. The molecule has 2 rings (SSSR count). The van der Waals surface area contributed by atoms with Gasteiger partial charge >= 0.3 is 0 Å². The van der Waals surface area contributed by atoms with Gasteiger partial charge in [-0.25, -0.2) is 4.98 Å². The summed E-state index contributed by atoms with van der Waals surface area (Å²) in [5, 5.41) is 23.5. The molecule has 0 aliphatic rings. The summed E-state index contributed by atoms with van der Waals surface area (Å²) in [4.78, 5) is 27.0. The molecule has 0 atom stereocenters. The summed E-state index contributed by atoms with van der Waals surface area (Å²) >= 11 is 1.13.